The first-order valence-electron chi connectivity index (χ1n) is 6.90. The second-order valence-electron chi connectivity index (χ2n) is 5.23. The lowest BCUT2D eigenvalue weighted by Gasteiger charge is -2.33. The van der Waals surface area contributed by atoms with Crippen molar-refractivity contribution in [2.45, 2.75) is 26.2 Å². The third kappa shape index (κ3) is 3.90. The van der Waals surface area contributed by atoms with Gasteiger partial charge in [-0.2, -0.15) is 0 Å². The maximum absolute atomic E-state index is 11.6. The Balaban J connectivity index is 2.18. The quantitative estimate of drug-likeness (QED) is 0.835. The summed E-state index contributed by atoms with van der Waals surface area (Å²) < 4.78 is 4.65. The molecule has 0 radical (unpaired) electrons. The smallest absolute Gasteiger partial charge is 0.376 e. The summed E-state index contributed by atoms with van der Waals surface area (Å²) in [6.45, 7) is 3.22. The average molecular weight is 293 g/mol. The molecule has 0 saturated carbocycles. The van der Waals surface area contributed by atoms with Crippen molar-refractivity contribution >= 4 is 17.8 Å². The molecule has 1 N–H and O–H groups in total. The van der Waals surface area contributed by atoms with E-state index in [0.717, 1.165) is 19.4 Å². The standard InChI is InChI=1S/C14H19N3O4/c1-9-6-11(16-13(15-9)14(20)21-2)17-5-3-4-10(8-17)7-12(18)19/h6,10H,3-5,7-8H2,1-2H3,(H,18,19). The van der Waals surface area contributed by atoms with Gasteiger partial charge in [-0.25, -0.2) is 14.8 Å². The molecule has 1 aliphatic heterocycles. The van der Waals surface area contributed by atoms with Crippen LogP contribution >= 0.6 is 0 Å². The normalized spacial score (nSPS) is 18.4. The molecule has 1 atom stereocenters. The van der Waals surface area contributed by atoms with E-state index in [1.807, 2.05) is 4.90 Å². The van der Waals surface area contributed by atoms with Crippen molar-refractivity contribution in [3.8, 4) is 0 Å². The first kappa shape index (κ1) is 15.2. The van der Waals surface area contributed by atoms with E-state index in [1.165, 1.54) is 7.11 Å². The number of esters is 1. The number of carboxylic acid groups (broad SMARTS) is 1. The van der Waals surface area contributed by atoms with Crippen LogP contribution in [0.15, 0.2) is 6.07 Å². The number of carbonyl (C=O) groups excluding carboxylic acids is 1. The molecule has 2 heterocycles. The average Bonchev–Trinajstić information content (AvgIpc) is 2.45. The number of anilines is 1. The molecule has 0 aliphatic carbocycles. The summed E-state index contributed by atoms with van der Waals surface area (Å²) >= 11 is 0. The highest BCUT2D eigenvalue weighted by atomic mass is 16.5. The largest absolute Gasteiger partial charge is 0.481 e. The number of aryl methyl sites for hydroxylation is 1. The molecule has 1 unspecified atom stereocenters. The summed E-state index contributed by atoms with van der Waals surface area (Å²) in [6.07, 6.45) is 1.97. The van der Waals surface area contributed by atoms with E-state index in [-0.39, 0.29) is 18.2 Å². The first-order chi connectivity index (χ1) is 9.99. The zero-order valence-corrected chi connectivity index (χ0v) is 12.2. The van der Waals surface area contributed by atoms with Crippen LogP contribution in [0.2, 0.25) is 0 Å². The number of ether oxygens (including phenoxy) is 1. The van der Waals surface area contributed by atoms with Crippen LogP contribution in [0.3, 0.4) is 0 Å². The van der Waals surface area contributed by atoms with Gasteiger partial charge in [0.05, 0.1) is 7.11 Å². The Hall–Kier alpha value is -2.18. The van der Waals surface area contributed by atoms with Crippen LogP contribution in [0, 0.1) is 12.8 Å². The van der Waals surface area contributed by atoms with E-state index < -0.39 is 11.9 Å². The lowest BCUT2D eigenvalue weighted by molar-refractivity contribution is -0.138. The molecular formula is C14H19N3O4. The number of aromatic nitrogens is 2. The second-order valence-corrected chi connectivity index (χ2v) is 5.23. The van der Waals surface area contributed by atoms with E-state index in [1.54, 1.807) is 13.0 Å². The molecule has 7 nitrogen and oxygen atoms in total. The molecule has 0 spiro atoms. The van der Waals surface area contributed by atoms with E-state index in [9.17, 15) is 9.59 Å². The van der Waals surface area contributed by atoms with Gasteiger partial charge in [0, 0.05) is 31.3 Å². The van der Waals surface area contributed by atoms with Crippen molar-refractivity contribution in [1.29, 1.82) is 0 Å². The number of carbonyl (C=O) groups is 2. The zero-order chi connectivity index (χ0) is 15.4. The lowest BCUT2D eigenvalue weighted by Crippen LogP contribution is -2.37. The third-order valence-electron chi connectivity index (χ3n) is 3.51. The Kier molecular flexibility index (Phi) is 4.72. The summed E-state index contributed by atoms with van der Waals surface area (Å²) in [5.74, 6) is -0.561. The van der Waals surface area contributed by atoms with Gasteiger partial charge in [0.25, 0.3) is 0 Å². The predicted molar refractivity (Wildman–Crippen MR) is 75.3 cm³/mol. The summed E-state index contributed by atoms with van der Waals surface area (Å²) in [7, 11) is 1.29. The SMILES string of the molecule is COC(=O)c1nc(C)cc(N2CCCC(CC(=O)O)C2)n1. The molecule has 0 aromatic carbocycles. The van der Waals surface area contributed by atoms with Crippen molar-refractivity contribution in [2.75, 3.05) is 25.1 Å². The van der Waals surface area contributed by atoms with E-state index in [0.29, 0.717) is 18.1 Å². The highest BCUT2D eigenvalue weighted by Crippen LogP contribution is 2.24. The summed E-state index contributed by atoms with van der Waals surface area (Å²) in [5, 5.41) is 8.91. The number of hydrogen-bond donors (Lipinski definition) is 1. The van der Waals surface area contributed by atoms with Crippen LogP contribution in [-0.4, -0.2) is 47.2 Å². The van der Waals surface area contributed by atoms with Crippen LogP contribution in [0.5, 0.6) is 0 Å². The Morgan fingerprint density at radius 1 is 1.48 bits per heavy atom. The minimum atomic E-state index is -0.782. The maximum atomic E-state index is 11.6. The van der Waals surface area contributed by atoms with E-state index in [2.05, 4.69) is 14.7 Å². The van der Waals surface area contributed by atoms with Gasteiger partial charge in [0.1, 0.15) is 5.82 Å². The topological polar surface area (TPSA) is 92.6 Å². The number of methoxy groups -OCH3 is 1. The fraction of sp³-hybridized carbons (Fsp3) is 0.571. The molecule has 1 fully saturated rings. The summed E-state index contributed by atoms with van der Waals surface area (Å²) in [4.78, 5) is 32.7. The Bertz CT molecular complexity index is 547. The molecule has 2 rings (SSSR count). The maximum Gasteiger partial charge on any atom is 0.376 e. The van der Waals surface area contributed by atoms with Gasteiger partial charge in [-0.15, -0.1) is 0 Å². The molecular weight excluding hydrogens is 274 g/mol. The highest BCUT2D eigenvalue weighted by Gasteiger charge is 2.24. The van der Waals surface area contributed by atoms with Crippen molar-refractivity contribution in [1.82, 2.24) is 9.97 Å². The van der Waals surface area contributed by atoms with Crippen molar-refractivity contribution in [3.63, 3.8) is 0 Å². The van der Waals surface area contributed by atoms with Crippen molar-refractivity contribution < 1.29 is 19.4 Å². The summed E-state index contributed by atoms with van der Waals surface area (Å²) in [5.41, 5.74) is 0.681. The minimum Gasteiger partial charge on any atom is -0.481 e. The molecule has 1 aliphatic rings. The number of nitrogens with zero attached hydrogens (tertiary/aromatic N) is 3. The molecule has 1 aromatic rings. The van der Waals surface area contributed by atoms with Crippen LogP contribution in [0.25, 0.3) is 0 Å². The molecule has 21 heavy (non-hydrogen) atoms. The van der Waals surface area contributed by atoms with Gasteiger partial charge in [-0.05, 0) is 25.7 Å². The first-order valence-corrected chi connectivity index (χ1v) is 6.90. The fourth-order valence-corrected chi connectivity index (χ4v) is 2.58. The zero-order valence-electron chi connectivity index (χ0n) is 12.2. The van der Waals surface area contributed by atoms with E-state index >= 15 is 0 Å². The summed E-state index contributed by atoms with van der Waals surface area (Å²) in [6, 6.07) is 1.80. The number of hydrogen-bond acceptors (Lipinski definition) is 6. The number of carboxylic acids is 1. The number of piperidine rings is 1. The van der Waals surface area contributed by atoms with Crippen molar-refractivity contribution in [2.24, 2.45) is 5.92 Å². The predicted octanol–water partition coefficient (Wildman–Crippen LogP) is 1.26. The molecule has 1 saturated heterocycles. The minimum absolute atomic E-state index is 0.0351. The van der Waals surface area contributed by atoms with Crippen LogP contribution in [0.4, 0.5) is 5.82 Å². The van der Waals surface area contributed by atoms with Gasteiger partial charge in [-0.3, -0.25) is 4.79 Å². The molecule has 0 bridgehead atoms. The lowest BCUT2D eigenvalue weighted by atomic mass is 9.95. The molecule has 0 amide bonds. The number of aliphatic carboxylic acids is 1. The van der Waals surface area contributed by atoms with Gasteiger partial charge in [0.15, 0.2) is 0 Å². The fourth-order valence-electron chi connectivity index (χ4n) is 2.58. The third-order valence-corrected chi connectivity index (χ3v) is 3.51. The van der Waals surface area contributed by atoms with E-state index in [4.69, 9.17) is 5.11 Å². The number of rotatable bonds is 4. The second kappa shape index (κ2) is 6.51. The monoisotopic (exact) mass is 293 g/mol. The van der Waals surface area contributed by atoms with Gasteiger partial charge < -0.3 is 14.7 Å². The van der Waals surface area contributed by atoms with Gasteiger partial charge in [0.2, 0.25) is 5.82 Å². The van der Waals surface area contributed by atoms with Gasteiger partial charge in [-0.1, -0.05) is 0 Å². The molecule has 7 heteroatoms. The van der Waals surface area contributed by atoms with Gasteiger partial charge >= 0.3 is 11.9 Å². The van der Waals surface area contributed by atoms with Crippen LogP contribution < -0.4 is 4.90 Å². The van der Waals surface area contributed by atoms with Crippen LogP contribution in [-0.2, 0) is 9.53 Å². The Labute approximate surface area is 123 Å². The highest BCUT2D eigenvalue weighted by molar-refractivity contribution is 5.85. The van der Waals surface area contributed by atoms with Crippen LogP contribution in [0.1, 0.15) is 35.6 Å². The van der Waals surface area contributed by atoms with Crippen molar-refractivity contribution in [3.05, 3.63) is 17.6 Å². The molecule has 1 aromatic heterocycles. The Morgan fingerprint density at radius 2 is 2.24 bits per heavy atom. The Morgan fingerprint density at radius 3 is 2.90 bits per heavy atom. The molecule has 114 valence electrons.